The van der Waals surface area contributed by atoms with Gasteiger partial charge in [-0.05, 0) is 36.6 Å². The Bertz CT molecular complexity index is 1830. The summed E-state index contributed by atoms with van der Waals surface area (Å²) in [4.78, 5) is 59.4. The predicted octanol–water partition coefficient (Wildman–Crippen LogP) is 2.30. The number of carboxylic acid groups (broad SMARTS) is 1. The number of amides is 2. The normalized spacial score (nSPS) is 15.6. The molecular formula is C33H36FN9O7. The van der Waals surface area contributed by atoms with Gasteiger partial charge in [0.2, 0.25) is 11.9 Å². The molecule has 0 saturated carbocycles. The van der Waals surface area contributed by atoms with Crippen molar-refractivity contribution in [1.29, 1.82) is 0 Å². The molecule has 16 nitrogen and oxygen atoms in total. The molecule has 1 fully saturated rings. The van der Waals surface area contributed by atoms with Crippen LogP contribution in [0.25, 0.3) is 0 Å². The fraction of sp³-hybridized carbons (Fsp3) is 0.364. The fourth-order valence-corrected chi connectivity index (χ4v) is 5.78. The molecule has 4 heterocycles. The number of nitrogens with zero attached hydrogens (tertiary/aromatic N) is 7. The highest BCUT2D eigenvalue weighted by molar-refractivity contribution is 6.19. The van der Waals surface area contributed by atoms with E-state index in [0.717, 1.165) is 24.6 Å². The summed E-state index contributed by atoms with van der Waals surface area (Å²) in [6, 6.07) is 7.42. The van der Waals surface area contributed by atoms with Crippen molar-refractivity contribution in [3.05, 3.63) is 65.2 Å². The first kappa shape index (κ1) is 34.0. The highest BCUT2D eigenvalue weighted by Crippen LogP contribution is 2.43. The minimum atomic E-state index is -1.15. The highest BCUT2D eigenvalue weighted by atomic mass is 19.1. The minimum absolute atomic E-state index is 0.0148. The number of nitrogens with two attached hydrogens (primary N) is 1. The lowest BCUT2D eigenvalue weighted by molar-refractivity contribution is -0.136. The minimum Gasteiger partial charge on any atom is -0.491 e. The molecular weight excluding hydrogens is 653 g/mol. The number of ether oxygens (including phenoxy) is 3. The summed E-state index contributed by atoms with van der Waals surface area (Å²) >= 11 is 0. The smallest absolute Gasteiger partial charge is 0.415 e. The summed E-state index contributed by atoms with van der Waals surface area (Å²) in [7, 11) is 1.53. The first-order valence-corrected chi connectivity index (χ1v) is 16.0. The van der Waals surface area contributed by atoms with E-state index in [2.05, 4.69) is 20.2 Å². The van der Waals surface area contributed by atoms with Gasteiger partial charge in [-0.25, -0.2) is 24.1 Å². The lowest BCUT2D eigenvalue weighted by Crippen LogP contribution is -2.51. The van der Waals surface area contributed by atoms with Gasteiger partial charge in [0.1, 0.15) is 23.1 Å². The Kier molecular flexibility index (Phi) is 10.3. The molecule has 0 bridgehead atoms. The lowest BCUT2D eigenvalue weighted by Gasteiger charge is -2.34. The summed E-state index contributed by atoms with van der Waals surface area (Å²) < 4.78 is 31.4. The van der Waals surface area contributed by atoms with Gasteiger partial charge in [0, 0.05) is 69.8 Å². The average molecular weight is 690 g/mol. The van der Waals surface area contributed by atoms with E-state index in [9.17, 15) is 18.8 Å². The van der Waals surface area contributed by atoms with Crippen LogP contribution >= 0.6 is 0 Å². The van der Waals surface area contributed by atoms with Crippen molar-refractivity contribution in [2.45, 2.75) is 19.3 Å². The van der Waals surface area contributed by atoms with Crippen LogP contribution in [0.1, 0.15) is 34.3 Å². The summed E-state index contributed by atoms with van der Waals surface area (Å²) in [6.45, 7) is 4.47. The van der Waals surface area contributed by atoms with Gasteiger partial charge in [-0.3, -0.25) is 29.7 Å². The van der Waals surface area contributed by atoms with Gasteiger partial charge in [0.25, 0.3) is 5.91 Å². The predicted molar refractivity (Wildman–Crippen MR) is 179 cm³/mol. The number of piperazine rings is 1. The molecule has 0 radical (unpaired) electrons. The second-order valence-electron chi connectivity index (χ2n) is 11.6. The first-order chi connectivity index (χ1) is 24.2. The standard InChI is InChI=1S/C33H36FN9O7/c1-48-28-25(7-6-23-27(28)39-32(43-10-2-8-36-29(23)43)40-30(46)21-18-37-31(35)38-19-21)49-15-3-9-41-11-13-42(14-12-41)33(47)50-22-5-4-20(16-26(44)45)24(34)17-22/h4-7,17-19H,2-3,8-16H2,1H3,(H,44,45)(H2,35,37,38)(H,39,40,46). The number of nitrogen functional groups attached to an aromatic ring is 1. The van der Waals surface area contributed by atoms with E-state index >= 15 is 0 Å². The molecule has 3 aliphatic heterocycles. The van der Waals surface area contributed by atoms with Crippen LogP contribution < -0.4 is 25.3 Å². The molecule has 3 aromatic rings. The van der Waals surface area contributed by atoms with Crippen LogP contribution in [-0.4, -0.2) is 119 Å². The average Bonchev–Trinajstić information content (AvgIpc) is 3.11. The molecule has 1 aromatic heterocycles. The van der Waals surface area contributed by atoms with Crippen molar-refractivity contribution in [1.82, 2.24) is 30.0 Å². The second-order valence-corrected chi connectivity index (χ2v) is 11.6. The van der Waals surface area contributed by atoms with E-state index in [4.69, 9.17) is 35.0 Å². The second kappa shape index (κ2) is 15.1. The van der Waals surface area contributed by atoms with Crippen LogP contribution in [0.15, 0.2) is 52.7 Å². The Morgan fingerprint density at radius 1 is 1.06 bits per heavy atom. The van der Waals surface area contributed by atoms with Crippen LogP contribution in [0.2, 0.25) is 0 Å². The number of fused-ring (bicyclic) bond motifs is 3. The number of benzene rings is 2. The zero-order valence-corrected chi connectivity index (χ0v) is 27.3. The summed E-state index contributed by atoms with van der Waals surface area (Å²) in [5.41, 5.74) is 7.06. The largest absolute Gasteiger partial charge is 0.491 e. The first-order valence-electron chi connectivity index (χ1n) is 16.0. The third-order valence-corrected chi connectivity index (χ3v) is 8.31. The number of aliphatic imine (C=N–C) groups is 2. The third kappa shape index (κ3) is 7.72. The Morgan fingerprint density at radius 3 is 2.56 bits per heavy atom. The number of rotatable bonds is 10. The Morgan fingerprint density at radius 2 is 1.84 bits per heavy atom. The zero-order chi connectivity index (χ0) is 35.2. The van der Waals surface area contributed by atoms with Gasteiger partial charge in [-0.1, -0.05) is 6.07 Å². The molecule has 262 valence electrons. The van der Waals surface area contributed by atoms with E-state index in [1.54, 1.807) is 4.90 Å². The molecule has 2 aromatic carbocycles. The molecule has 2 amide bonds. The number of carbonyl (C=O) groups is 3. The Labute approximate surface area is 286 Å². The number of halogens is 1. The highest BCUT2D eigenvalue weighted by Gasteiger charge is 2.32. The van der Waals surface area contributed by atoms with E-state index in [1.165, 1.54) is 31.6 Å². The summed E-state index contributed by atoms with van der Waals surface area (Å²) in [6.07, 6.45) is 3.13. The van der Waals surface area contributed by atoms with Gasteiger partial charge in [0.15, 0.2) is 11.5 Å². The van der Waals surface area contributed by atoms with Crippen molar-refractivity contribution in [3.8, 4) is 17.2 Å². The van der Waals surface area contributed by atoms with Crippen molar-refractivity contribution >= 4 is 41.4 Å². The van der Waals surface area contributed by atoms with E-state index < -0.39 is 30.2 Å². The van der Waals surface area contributed by atoms with Gasteiger partial charge in [0.05, 0.1) is 25.7 Å². The number of amidine groups is 1. The van der Waals surface area contributed by atoms with Crippen LogP contribution in [-0.2, 0) is 11.2 Å². The number of methoxy groups -OCH3 is 1. The molecule has 50 heavy (non-hydrogen) atoms. The van der Waals surface area contributed by atoms with E-state index in [0.29, 0.717) is 81.3 Å². The maximum absolute atomic E-state index is 14.2. The molecule has 0 atom stereocenters. The van der Waals surface area contributed by atoms with Crippen molar-refractivity contribution < 1.29 is 38.1 Å². The van der Waals surface area contributed by atoms with Gasteiger partial charge >= 0.3 is 12.1 Å². The topological polar surface area (TPSA) is 197 Å². The monoisotopic (exact) mass is 689 g/mol. The molecule has 0 spiro atoms. The van der Waals surface area contributed by atoms with Crippen molar-refractivity contribution in [3.63, 3.8) is 0 Å². The number of hydrogen-bond donors (Lipinski definition) is 3. The summed E-state index contributed by atoms with van der Waals surface area (Å²) in [5.74, 6) is -0.356. The molecule has 0 aliphatic carbocycles. The van der Waals surface area contributed by atoms with Crippen molar-refractivity contribution in [2.24, 2.45) is 9.98 Å². The number of nitrogens with one attached hydrogen (secondary N) is 1. The Balaban J connectivity index is 1.03. The number of carboxylic acids is 1. The third-order valence-electron chi connectivity index (χ3n) is 8.31. The number of aliphatic carboxylic acids is 1. The SMILES string of the molecule is COc1c(OCCCN2CCN(C(=O)Oc3ccc(CC(=O)O)c(F)c3)CC2)ccc2c1N=C(NC(=O)c1cnc(N)nc1)N1CCCN=C21. The number of carbonyl (C=O) groups excluding carboxylic acids is 2. The zero-order valence-electron chi connectivity index (χ0n) is 27.3. The molecule has 3 aliphatic rings. The number of aromatic nitrogens is 2. The number of anilines is 1. The maximum atomic E-state index is 14.2. The van der Waals surface area contributed by atoms with Crippen molar-refractivity contribution in [2.75, 3.05) is 65.3 Å². The molecule has 0 unspecified atom stereocenters. The number of guanidine groups is 1. The number of hydrogen-bond acceptors (Lipinski definition) is 13. The Hall–Kier alpha value is -5.84. The van der Waals surface area contributed by atoms with E-state index in [1.807, 2.05) is 17.0 Å². The molecule has 17 heteroatoms. The molecule has 6 rings (SSSR count). The van der Waals surface area contributed by atoms with Crippen LogP contribution in [0.4, 0.5) is 20.8 Å². The van der Waals surface area contributed by atoms with Gasteiger partial charge in [-0.2, -0.15) is 0 Å². The molecule has 1 saturated heterocycles. The van der Waals surface area contributed by atoms with Crippen LogP contribution in [0, 0.1) is 5.82 Å². The van der Waals surface area contributed by atoms with E-state index in [-0.39, 0.29) is 22.8 Å². The fourth-order valence-electron chi connectivity index (χ4n) is 5.78. The van der Waals surface area contributed by atoms with Gasteiger partial charge in [-0.15, -0.1) is 0 Å². The molecule has 4 N–H and O–H groups in total. The van der Waals surface area contributed by atoms with Gasteiger partial charge < -0.3 is 30.0 Å². The lowest BCUT2D eigenvalue weighted by atomic mass is 10.1. The van der Waals surface area contributed by atoms with Crippen LogP contribution in [0.3, 0.4) is 0 Å². The van der Waals surface area contributed by atoms with Crippen LogP contribution in [0.5, 0.6) is 17.2 Å². The summed E-state index contributed by atoms with van der Waals surface area (Å²) in [5, 5.41) is 11.7. The quantitative estimate of drug-likeness (QED) is 0.263. The maximum Gasteiger partial charge on any atom is 0.415 e.